The summed E-state index contributed by atoms with van der Waals surface area (Å²) in [7, 11) is -3.42. The average molecular weight is 422 g/mol. The predicted molar refractivity (Wildman–Crippen MR) is 105 cm³/mol. The smallest absolute Gasteiger partial charge is 0.257 e. The van der Waals surface area contributed by atoms with Gasteiger partial charge in [-0.15, -0.1) is 10.2 Å². The Morgan fingerprint density at radius 1 is 1.00 bits per heavy atom. The first kappa shape index (κ1) is 19.3. The van der Waals surface area contributed by atoms with Gasteiger partial charge in [0.2, 0.25) is 0 Å². The second-order valence-electron chi connectivity index (χ2n) is 5.69. The Bertz CT molecular complexity index is 1120. The third-order valence-electron chi connectivity index (χ3n) is 3.61. The quantitative estimate of drug-likeness (QED) is 0.684. The highest BCUT2D eigenvalue weighted by atomic mass is 35.5. The summed E-state index contributed by atoms with van der Waals surface area (Å²) >= 11 is 12.0. The minimum atomic E-state index is -3.42. The van der Waals surface area contributed by atoms with E-state index in [4.69, 9.17) is 23.2 Å². The minimum Gasteiger partial charge on any atom is -0.322 e. The van der Waals surface area contributed by atoms with Crippen molar-refractivity contribution in [3.63, 3.8) is 0 Å². The Hall–Kier alpha value is -2.48. The molecule has 0 saturated heterocycles. The second kappa shape index (κ2) is 7.64. The summed E-state index contributed by atoms with van der Waals surface area (Å²) in [6, 6.07) is 14.5. The zero-order chi connectivity index (χ0) is 19.6. The Labute approximate surface area is 166 Å². The maximum atomic E-state index is 12.4. The van der Waals surface area contributed by atoms with Crippen LogP contribution in [-0.4, -0.2) is 30.8 Å². The number of anilines is 1. The maximum Gasteiger partial charge on any atom is 0.257 e. The highest BCUT2D eigenvalue weighted by Crippen LogP contribution is 2.24. The number of halogens is 2. The Kier molecular flexibility index (Phi) is 5.46. The summed E-state index contributed by atoms with van der Waals surface area (Å²) in [5.41, 5.74) is 1.91. The van der Waals surface area contributed by atoms with Crippen molar-refractivity contribution in [1.29, 1.82) is 0 Å². The van der Waals surface area contributed by atoms with Gasteiger partial charge in [-0.1, -0.05) is 35.3 Å². The van der Waals surface area contributed by atoms with Gasteiger partial charge < -0.3 is 5.32 Å². The van der Waals surface area contributed by atoms with Crippen LogP contribution in [-0.2, 0) is 9.84 Å². The number of amides is 1. The molecule has 0 unspecified atom stereocenters. The standard InChI is InChI=1S/C18H13Cl2N3O3S/c1-27(25,26)17-8-7-16(22-23-17)11-3-2-4-13(9-11)21-18(24)14-10-12(19)5-6-15(14)20/h2-10H,1H3,(H,21,24). The van der Waals surface area contributed by atoms with E-state index >= 15 is 0 Å². The van der Waals surface area contributed by atoms with Crippen LogP contribution in [0.3, 0.4) is 0 Å². The van der Waals surface area contributed by atoms with Gasteiger partial charge in [-0.25, -0.2) is 8.42 Å². The van der Waals surface area contributed by atoms with E-state index < -0.39 is 15.7 Å². The van der Waals surface area contributed by atoms with E-state index in [1.165, 1.54) is 12.1 Å². The minimum absolute atomic E-state index is 0.105. The molecular formula is C18H13Cl2N3O3S. The number of hydrogen-bond acceptors (Lipinski definition) is 5. The molecule has 0 spiro atoms. The molecule has 1 aromatic heterocycles. The van der Waals surface area contributed by atoms with Gasteiger partial charge in [0.15, 0.2) is 14.9 Å². The van der Waals surface area contributed by atoms with Crippen LogP contribution in [0.15, 0.2) is 59.6 Å². The van der Waals surface area contributed by atoms with Crippen LogP contribution < -0.4 is 5.32 Å². The van der Waals surface area contributed by atoms with Crippen molar-refractivity contribution in [1.82, 2.24) is 10.2 Å². The van der Waals surface area contributed by atoms with Crippen molar-refractivity contribution in [3.8, 4) is 11.3 Å². The first-order valence-electron chi connectivity index (χ1n) is 7.65. The molecule has 0 fully saturated rings. The number of nitrogens with zero attached hydrogens (tertiary/aromatic N) is 2. The van der Waals surface area contributed by atoms with Gasteiger partial charge in [0.05, 0.1) is 16.3 Å². The first-order chi connectivity index (χ1) is 12.7. The van der Waals surface area contributed by atoms with Crippen molar-refractivity contribution in [2.45, 2.75) is 5.03 Å². The zero-order valence-electron chi connectivity index (χ0n) is 14.0. The average Bonchev–Trinajstić information content (AvgIpc) is 2.63. The SMILES string of the molecule is CS(=O)(=O)c1ccc(-c2cccc(NC(=O)c3cc(Cl)ccc3Cl)c2)nn1. The molecule has 3 aromatic rings. The third-order valence-corrected chi connectivity index (χ3v) is 5.15. The van der Waals surface area contributed by atoms with Crippen molar-refractivity contribution in [2.24, 2.45) is 0 Å². The number of hydrogen-bond donors (Lipinski definition) is 1. The maximum absolute atomic E-state index is 12.4. The summed E-state index contributed by atoms with van der Waals surface area (Å²) in [5, 5.41) is 11.0. The van der Waals surface area contributed by atoms with E-state index in [0.29, 0.717) is 22.0 Å². The fourth-order valence-electron chi connectivity index (χ4n) is 2.30. The van der Waals surface area contributed by atoms with E-state index in [0.717, 1.165) is 6.26 Å². The van der Waals surface area contributed by atoms with E-state index in [1.807, 2.05) is 0 Å². The lowest BCUT2D eigenvalue weighted by Crippen LogP contribution is -2.12. The fraction of sp³-hybridized carbons (Fsp3) is 0.0556. The summed E-state index contributed by atoms with van der Waals surface area (Å²) in [6.07, 6.45) is 1.06. The molecule has 6 nitrogen and oxygen atoms in total. The number of carbonyl (C=O) groups excluding carboxylic acids is 1. The van der Waals surface area contributed by atoms with E-state index in [9.17, 15) is 13.2 Å². The molecule has 0 atom stereocenters. The van der Waals surface area contributed by atoms with Crippen LogP contribution in [0.5, 0.6) is 0 Å². The Balaban J connectivity index is 1.85. The molecule has 0 aliphatic carbocycles. The summed E-state index contributed by atoms with van der Waals surface area (Å²) in [4.78, 5) is 12.4. The molecule has 1 N–H and O–H groups in total. The number of sulfone groups is 1. The summed E-state index contributed by atoms with van der Waals surface area (Å²) < 4.78 is 22.9. The zero-order valence-corrected chi connectivity index (χ0v) is 16.3. The molecule has 1 amide bonds. The van der Waals surface area contributed by atoms with Gasteiger partial charge in [0.25, 0.3) is 5.91 Å². The lowest BCUT2D eigenvalue weighted by molar-refractivity contribution is 0.102. The van der Waals surface area contributed by atoms with Crippen LogP contribution in [0, 0.1) is 0 Å². The lowest BCUT2D eigenvalue weighted by Gasteiger charge is -2.09. The molecular weight excluding hydrogens is 409 g/mol. The van der Waals surface area contributed by atoms with Gasteiger partial charge in [-0.05, 0) is 42.5 Å². The Morgan fingerprint density at radius 3 is 2.44 bits per heavy atom. The van der Waals surface area contributed by atoms with Crippen LogP contribution in [0.2, 0.25) is 10.0 Å². The molecule has 0 aliphatic heterocycles. The van der Waals surface area contributed by atoms with Crippen LogP contribution >= 0.6 is 23.2 Å². The van der Waals surface area contributed by atoms with Crippen LogP contribution in [0.1, 0.15) is 10.4 Å². The molecule has 9 heteroatoms. The van der Waals surface area contributed by atoms with E-state index in [1.54, 1.807) is 42.5 Å². The fourth-order valence-corrected chi connectivity index (χ4v) is 3.18. The van der Waals surface area contributed by atoms with Crippen molar-refractivity contribution >= 4 is 44.6 Å². The number of rotatable bonds is 4. The van der Waals surface area contributed by atoms with Crippen LogP contribution in [0.4, 0.5) is 5.69 Å². The molecule has 0 bridgehead atoms. The Morgan fingerprint density at radius 2 is 1.78 bits per heavy atom. The van der Waals surface area contributed by atoms with Gasteiger partial charge in [-0.3, -0.25) is 4.79 Å². The topological polar surface area (TPSA) is 89.0 Å². The highest BCUT2D eigenvalue weighted by molar-refractivity contribution is 7.90. The first-order valence-corrected chi connectivity index (χ1v) is 10.3. The van der Waals surface area contributed by atoms with E-state index in [-0.39, 0.29) is 15.6 Å². The van der Waals surface area contributed by atoms with E-state index in [2.05, 4.69) is 15.5 Å². The molecule has 1 heterocycles. The second-order valence-corrected chi connectivity index (χ2v) is 8.49. The van der Waals surface area contributed by atoms with Crippen molar-refractivity contribution in [3.05, 3.63) is 70.2 Å². The molecule has 0 aliphatic rings. The van der Waals surface area contributed by atoms with Crippen molar-refractivity contribution in [2.75, 3.05) is 11.6 Å². The summed E-state index contributed by atoms with van der Waals surface area (Å²) in [5.74, 6) is -0.404. The number of nitrogens with one attached hydrogen (secondary N) is 1. The monoisotopic (exact) mass is 421 g/mol. The van der Waals surface area contributed by atoms with Crippen LogP contribution in [0.25, 0.3) is 11.3 Å². The molecule has 138 valence electrons. The normalized spacial score (nSPS) is 11.2. The highest BCUT2D eigenvalue weighted by Gasteiger charge is 2.13. The summed E-state index contributed by atoms with van der Waals surface area (Å²) in [6.45, 7) is 0. The molecule has 0 saturated carbocycles. The largest absolute Gasteiger partial charge is 0.322 e. The number of aromatic nitrogens is 2. The molecule has 0 radical (unpaired) electrons. The predicted octanol–water partition coefficient (Wildman–Crippen LogP) is 4.11. The lowest BCUT2D eigenvalue weighted by atomic mass is 10.1. The number of carbonyl (C=O) groups is 1. The molecule has 3 rings (SSSR count). The van der Waals surface area contributed by atoms with Gasteiger partial charge in [-0.2, -0.15) is 0 Å². The molecule has 2 aromatic carbocycles. The third kappa shape index (κ3) is 4.63. The van der Waals surface area contributed by atoms with Gasteiger partial charge in [0, 0.05) is 22.5 Å². The van der Waals surface area contributed by atoms with Gasteiger partial charge >= 0.3 is 0 Å². The van der Waals surface area contributed by atoms with Gasteiger partial charge in [0.1, 0.15) is 0 Å². The van der Waals surface area contributed by atoms with Crippen molar-refractivity contribution < 1.29 is 13.2 Å². The molecule has 27 heavy (non-hydrogen) atoms. The number of benzene rings is 2.